The molecule has 110 valence electrons. The van der Waals surface area contributed by atoms with Gasteiger partial charge >= 0.3 is 0 Å². The highest BCUT2D eigenvalue weighted by molar-refractivity contribution is 5.94. The molecule has 2 rings (SSSR count). The third-order valence-corrected chi connectivity index (χ3v) is 3.91. The van der Waals surface area contributed by atoms with Crippen molar-refractivity contribution in [3.63, 3.8) is 0 Å². The molecule has 0 atom stereocenters. The largest absolute Gasteiger partial charge is 0.349 e. The summed E-state index contributed by atoms with van der Waals surface area (Å²) in [7, 11) is 0. The van der Waals surface area contributed by atoms with Gasteiger partial charge in [0.05, 0.1) is 11.8 Å². The number of nitrogens with one attached hydrogen (secondary N) is 1. The predicted octanol–water partition coefficient (Wildman–Crippen LogP) is 3.56. The minimum Gasteiger partial charge on any atom is -0.349 e. The molecule has 4 heteroatoms. The van der Waals surface area contributed by atoms with E-state index in [9.17, 15) is 9.18 Å². The van der Waals surface area contributed by atoms with E-state index >= 15 is 0 Å². The SMILES string of the molecule is CC1(C)CC(NC(=O)c2ccncc2F)CC(C)(C)C1. The maximum atomic E-state index is 13.6. The lowest BCUT2D eigenvalue weighted by atomic mass is 9.63. The lowest BCUT2D eigenvalue weighted by Gasteiger charge is -2.45. The van der Waals surface area contributed by atoms with Crippen molar-refractivity contribution in [2.24, 2.45) is 10.8 Å². The quantitative estimate of drug-likeness (QED) is 0.898. The first-order valence-corrected chi connectivity index (χ1v) is 7.09. The van der Waals surface area contributed by atoms with Gasteiger partial charge in [0.2, 0.25) is 0 Å². The molecule has 1 N–H and O–H groups in total. The molecule has 0 unspecified atom stereocenters. The molecule has 0 saturated heterocycles. The fourth-order valence-corrected chi connectivity index (χ4v) is 3.77. The maximum Gasteiger partial charge on any atom is 0.254 e. The van der Waals surface area contributed by atoms with Gasteiger partial charge in [0, 0.05) is 12.2 Å². The molecule has 0 bridgehead atoms. The average molecular weight is 278 g/mol. The molecule has 1 fully saturated rings. The Labute approximate surface area is 120 Å². The molecule has 0 spiro atoms. The summed E-state index contributed by atoms with van der Waals surface area (Å²) in [5, 5.41) is 2.98. The average Bonchev–Trinajstić information content (AvgIpc) is 2.24. The third-order valence-electron chi connectivity index (χ3n) is 3.91. The zero-order chi connectivity index (χ0) is 15.0. The van der Waals surface area contributed by atoms with Crippen LogP contribution in [0.4, 0.5) is 4.39 Å². The monoisotopic (exact) mass is 278 g/mol. The topological polar surface area (TPSA) is 42.0 Å². The van der Waals surface area contributed by atoms with Crippen molar-refractivity contribution in [3.8, 4) is 0 Å². The summed E-state index contributed by atoms with van der Waals surface area (Å²) in [4.78, 5) is 15.8. The summed E-state index contributed by atoms with van der Waals surface area (Å²) in [5.41, 5.74) is 0.452. The van der Waals surface area contributed by atoms with Gasteiger partial charge in [-0.3, -0.25) is 9.78 Å². The molecule has 20 heavy (non-hydrogen) atoms. The molecule has 1 amide bonds. The van der Waals surface area contributed by atoms with Crippen LogP contribution in [0.3, 0.4) is 0 Å². The Hall–Kier alpha value is -1.45. The highest BCUT2D eigenvalue weighted by atomic mass is 19.1. The Kier molecular flexibility index (Phi) is 3.85. The molecule has 0 radical (unpaired) electrons. The second-order valence-corrected chi connectivity index (χ2v) is 7.44. The lowest BCUT2D eigenvalue weighted by molar-refractivity contribution is 0.0711. The number of pyridine rings is 1. The minimum atomic E-state index is -0.570. The molecule has 1 aromatic heterocycles. The maximum absolute atomic E-state index is 13.6. The van der Waals surface area contributed by atoms with Crippen molar-refractivity contribution in [3.05, 3.63) is 29.8 Å². The number of amides is 1. The van der Waals surface area contributed by atoms with Crippen molar-refractivity contribution in [2.45, 2.75) is 53.0 Å². The molecule has 1 saturated carbocycles. The summed E-state index contributed by atoms with van der Waals surface area (Å²) >= 11 is 0. The number of nitrogens with zero attached hydrogens (tertiary/aromatic N) is 1. The van der Waals surface area contributed by atoms with Crippen molar-refractivity contribution in [1.82, 2.24) is 10.3 Å². The van der Waals surface area contributed by atoms with E-state index in [1.54, 1.807) is 0 Å². The molecule has 0 aromatic carbocycles. The van der Waals surface area contributed by atoms with Gasteiger partial charge in [0.25, 0.3) is 5.91 Å². The van der Waals surface area contributed by atoms with Crippen molar-refractivity contribution < 1.29 is 9.18 Å². The van der Waals surface area contributed by atoms with Crippen LogP contribution in [0.15, 0.2) is 18.5 Å². The van der Waals surface area contributed by atoms with Gasteiger partial charge < -0.3 is 5.32 Å². The number of halogens is 1. The zero-order valence-corrected chi connectivity index (χ0v) is 12.7. The first-order chi connectivity index (χ1) is 9.19. The van der Waals surface area contributed by atoms with Crippen LogP contribution in [0.25, 0.3) is 0 Å². The summed E-state index contributed by atoms with van der Waals surface area (Å²) in [6.07, 6.45) is 5.50. The summed E-state index contributed by atoms with van der Waals surface area (Å²) in [6, 6.07) is 1.51. The predicted molar refractivity (Wildman–Crippen MR) is 76.9 cm³/mol. The van der Waals surface area contributed by atoms with Crippen LogP contribution >= 0.6 is 0 Å². The first-order valence-electron chi connectivity index (χ1n) is 7.09. The number of rotatable bonds is 2. The van der Waals surface area contributed by atoms with E-state index in [0.29, 0.717) is 0 Å². The Balaban J connectivity index is 2.10. The van der Waals surface area contributed by atoms with Crippen molar-refractivity contribution in [1.29, 1.82) is 0 Å². The van der Waals surface area contributed by atoms with Crippen molar-refractivity contribution in [2.75, 3.05) is 0 Å². The standard InChI is InChI=1S/C16H23FN2O/c1-15(2)7-11(8-16(3,4)10-15)19-14(20)12-5-6-18-9-13(12)17/h5-6,9,11H,7-8,10H2,1-4H3,(H,19,20). The Bertz CT molecular complexity index is 495. The van der Waals surface area contributed by atoms with Crippen molar-refractivity contribution >= 4 is 5.91 Å². The fourth-order valence-electron chi connectivity index (χ4n) is 3.77. The lowest BCUT2D eigenvalue weighted by Crippen LogP contribution is -2.46. The Morgan fingerprint density at radius 3 is 2.45 bits per heavy atom. The highest BCUT2D eigenvalue weighted by Crippen LogP contribution is 2.45. The van der Waals surface area contributed by atoms with Crippen LogP contribution in [0.2, 0.25) is 0 Å². The number of hydrogen-bond acceptors (Lipinski definition) is 2. The fraction of sp³-hybridized carbons (Fsp3) is 0.625. The van der Waals surface area contributed by atoms with Gasteiger partial charge in [-0.1, -0.05) is 27.7 Å². The van der Waals surface area contributed by atoms with Crippen LogP contribution in [0, 0.1) is 16.6 Å². The number of hydrogen-bond donors (Lipinski definition) is 1. The number of carbonyl (C=O) groups excluding carboxylic acids is 1. The van der Waals surface area contributed by atoms with E-state index in [4.69, 9.17) is 0 Å². The first kappa shape index (κ1) is 14.9. The minimum absolute atomic E-state index is 0.0705. The van der Waals surface area contributed by atoms with Crippen LogP contribution in [0.5, 0.6) is 0 Å². The molecule has 1 aliphatic carbocycles. The normalized spacial score (nSPS) is 21.4. The molecule has 1 heterocycles. The molecule has 3 nitrogen and oxygen atoms in total. The third kappa shape index (κ3) is 3.56. The molecular weight excluding hydrogens is 255 g/mol. The summed E-state index contributed by atoms with van der Waals surface area (Å²) in [6.45, 7) is 8.89. The molecule has 0 aliphatic heterocycles. The zero-order valence-electron chi connectivity index (χ0n) is 12.7. The van der Waals surface area contributed by atoms with Crippen LogP contribution in [0.1, 0.15) is 57.3 Å². The van der Waals surface area contributed by atoms with E-state index in [0.717, 1.165) is 25.5 Å². The summed E-state index contributed by atoms with van der Waals surface area (Å²) < 4.78 is 13.6. The van der Waals surface area contributed by atoms with E-state index in [1.807, 2.05) is 0 Å². The smallest absolute Gasteiger partial charge is 0.254 e. The molecular formula is C16H23FN2O. The van der Waals surface area contributed by atoms with Crippen LogP contribution in [-0.2, 0) is 0 Å². The van der Waals surface area contributed by atoms with E-state index < -0.39 is 5.82 Å². The Morgan fingerprint density at radius 2 is 1.90 bits per heavy atom. The van der Waals surface area contributed by atoms with E-state index in [-0.39, 0.29) is 28.3 Å². The van der Waals surface area contributed by atoms with Gasteiger partial charge in [0.1, 0.15) is 0 Å². The van der Waals surface area contributed by atoms with E-state index in [2.05, 4.69) is 38.0 Å². The number of carbonyl (C=O) groups is 1. The van der Waals surface area contributed by atoms with Gasteiger partial charge in [-0.2, -0.15) is 0 Å². The second-order valence-electron chi connectivity index (χ2n) is 7.44. The van der Waals surface area contributed by atoms with Gasteiger partial charge in [-0.25, -0.2) is 4.39 Å². The molecule has 1 aliphatic rings. The molecule has 1 aromatic rings. The van der Waals surface area contributed by atoms with Crippen LogP contribution in [-0.4, -0.2) is 16.9 Å². The van der Waals surface area contributed by atoms with E-state index in [1.165, 1.54) is 12.3 Å². The summed E-state index contributed by atoms with van der Waals surface area (Å²) in [5.74, 6) is -0.914. The number of aromatic nitrogens is 1. The van der Waals surface area contributed by atoms with Crippen LogP contribution < -0.4 is 5.32 Å². The highest BCUT2D eigenvalue weighted by Gasteiger charge is 2.39. The second kappa shape index (κ2) is 5.15. The van der Waals surface area contributed by atoms with Gasteiger partial charge in [0.15, 0.2) is 5.82 Å². The Morgan fingerprint density at radius 1 is 1.30 bits per heavy atom. The van der Waals surface area contributed by atoms with Gasteiger partial charge in [-0.05, 0) is 36.2 Å². The van der Waals surface area contributed by atoms with Gasteiger partial charge in [-0.15, -0.1) is 0 Å².